The number of rotatable bonds is 77. The lowest BCUT2D eigenvalue weighted by atomic mass is 10.0. The van der Waals surface area contributed by atoms with Gasteiger partial charge in [-0.25, -0.2) is 9.13 Å². The molecule has 0 saturated carbocycles. The molecule has 0 rings (SSSR count). The van der Waals surface area contributed by atoms with Crippen molar-refractivity contribution in [3.8, 4) is 0 Å². The Hall–Kier alpha value is -2.20. The minimum Gasteiger partial charge on any atom is -0.462 e. The van der Waals surface area contributed by atoms with E-state index in [-0.39, 0.29) is 25.7 Å². The summed E-state index contributed by atoms with van der Waals surface area (Å²) in [6, 6.07) is 0. The van der Waals surface area contributed by atoms with E-state index in [2.05, 4.69) is 39.8 Å². The first-order valence-corrected chi connectivity index (χ1v) is 42.9. The van der Waals surface area contributed by atoms with Gasteiger partial charge in [-0.05, 0) is 51.4 Å². The minimum atomic E-state index is -4.96. The highest BCUT2D eigenvalue weighted by atomic mass is 31.2. The van der Waals surface area contributed by atoms with Crippen LogP contribution in [0.15, 0.2) is 12.2 Å². The molecule has 0 bridgehead atoms. The van der Waals surface area contributed by atoms with Gasteiger partial charge in [0.25, 0.3) is 0 Å². The number of ether oxygens (including phenoxy) is 4. The molecule has 0 aromatic rings. The third-order valence-corrected chi connectivity index (χ3v) is 19.7. The van der Waals surface area contributed by atoms with Crippen molar-refractivity contribution in [3.05, 3.63) is 12.2 Å². The van der Waals surface area contributed by atoms with Gasteiger partial charge in [-0.3, -0.25) is 37.3 Å². The average Bonchev–Trinajstić information content (AvgIpc) is 1.17. The zero-order valence-electron chi connectivity index (χ0n) is 62.1. The molecule has 0 heterocycles. The standard InChI is InChI=1S/C77H148O17P2/c1-5-9-13-17-21-25-29-33-35-39-42-46-50-54-58-62-75(80)88-68-72(93-76(81)63-59-55-51-47-43-38-32-28-24-20-16-12-8-4)69-91-95(83,84)89-65-71(78)66-90-96(85,86)92-70-73(67-87-74(79)61-57-53-49-45-41-37-31-27-23-19-15-11-7-3)94-77(82)64-60-56-52-48-44-40-36-34-30-26-22-18-14-10-6-2/h33,35,71-73,78H,5-32,34,36-70H2,1-4H3,(H,83,84)(H,85,86)/b35-33-/t71-,72+,73+/m0/s1. The number of carbonyl (C=O) groups is 4. The highest BCUT2D eigenvalue weighted by molar-refractivity contribution is 7.47. The van der Waals surface area contributed by atoms with Crippen molar-refractivity contribution in [2.45, 2.75) is 418 Å². The fraction of sp³-hybridized carbons (Fsp3) is 0.922. The van der Waals surface area contributed by atoms with E-state index in [1.54, 1.807) is 0 Å². The van der Waals surface area contributed by atoms with Crippen LogP contribution in [0.5, 0.6) is 0 Å². The molecule has 0 radical (unpaired) electrons. The summed E-state index contributed by atoms with van der Waals surface area (Å²) in [6.07, 6.45) is 63.3. The zero-order valence-corrected chi connectivity index (χ0v) is 63.9. The molecule has 3 N–H and O–H groups in total. The van der Waals surface area contributed by atoms with Gasteiger partial charge in [0, 0.05) is 25.7 Å². The molecule has 0 aliphatic rings. The van der Waals surface area contributed by atoms with Crippen LogP contribution in [0.1, 0.15) is 400 Å². The van der Waals surface area contributed by atoms with Gasteiger partial charge in [0.05, 0.1) is 26.4 Å². The van der Waals surface area contributed by atoms with E-state index in [1.165, 1.54) is 212 Å². The monoisotopic (exact) mass is 1410 g/mol. The number of phosphoric ester groups is 2. The summed E-state index contributed by atoms with van der Waals surface area (Å²) in [5.41, 5.74) is 0. The number of aliphatic hydroxyl groups excluding tert-OH is 1. The van der Waals surface area contributed by atoms with Crippen molar-refractivity contribution in [1.82, 2.24) is 0 Å². The second-order valence-electron chi connectivity index (χ2n) is 27.4. The number of phosphoric acid groups is 2. The van der Waals surface area contributed by atoms with Crippen LogP contribution in [-0.2, 0) is 65.4 Å². The van der Waals surface area contributed by atoms with Crippen LogP contribution >= 0.6 is 15.6 Å². The molecule has 2 unspecified atom stereocenters. The second kappa shape index (κ2) is 71.2. The highest BCUT2D eigenvalue weighted by Gasteiger charge is 2.30. The summed E-state index contributed by atoms with van der Waals surface area (Å²) >= 11 is 0. The maximum Gasteiger partial charge on any atom is 0.472 e. The van der Waals surface area contributed by atoms with Crippen molar-refractivity contribution < 1.29 is 80.2 Å². The van der Waals surface area contributed by atoms with Gasteiger partial charge in [0.15, 0.2) is 12.2 Å². The summed E-state index contributed by atoms with van der Waals surface area (Å²) in [4.78, 5) is 72.9. The maximum absolute atomic E-state index is 13.1. The third kappa shape index (κ3) is 70.2. The molecule has 0 aliphatic heterocycles. The summed E-state index contributed by atoms with van der Waals surface area (Å²) in [5.74, 6) is -2.12. The molecule has 0 saturated heterocycles. The quantitative estimate of drug-likeness (QED) is 0.0169. The smallest absolute Gasteiger partial charge is 0.462 e. The number of allylic oxidation sites excluding steroid dienone is 2. The Kier molecular flexibility index (Phi) is 69.6. The second-order valence-corrected chi connectivity index (χ2v) is 30.3. The Bertz CT molecular complexity index is 1870. The van der Waals surface area contributed by atoms with Gasteiger partial charge in [-0.1, -0.05) is 335 Å². The van der Waals surface area contributed by atoms with E-state index in [0.717, 1.165) is 109 Å². The van der Waals surface area contributed by atoms with Gasteiger partial charge < -0.3 is 33.8 Å². The van der Waals surface area contributed by atoms with Crippen molar-refractivity contribution in [2.24, 2.45) is 0 Å². The third-order valence-electron chi connectivity index (χ3n) is 17.8. The maximum atomic E-state index is 13.1. The van der Waals surface area contributed by atoms with Crippen LogP contribution < -0.4 is 0 Å². The van der Waals surface area contributed by atoms with E-state index in [9.17, 15) is 43.2 Å². The Morgan fingerprint density at radius 3 is 0.719 bits per heavy atom. The lowest BCUT2D eigenvalue weighted by molar-refractivity contribution is -0.161. The number of aliphatic hydroxyl groups is 1. The molecule has 0 aliphatic carbocycles. The lowest BCUT2D eigenvalue weighted by Gasteiger charge is -2.21. The number of unbranched alkanes of at least 4 members (excludes halogenated alkanes) is 49. The SMILES string of the molecule is CCCCCCCC/C=C\CCCCCCCC(=O)OC[C@H](COP(=O)(O)OC[C@H](O)COP(=O)(O)OC[C@@H](COC(=O)CCCCCCCCCCCCCCC)OC(=O)CCCCCCCCCCCCCCCCC)OC(=O)CCCCCCCCCCCCCCC. The first kappa shape index (κ1) is 93.8. The number of hydrogen-bond acceptors (Lipinski definition) is 15. The Morgan fingerprint density at radius 2 is 0.479 bits per heavy atom. The molecule has 0 fully saturated rings. The molecule has 96 heavy (non-hydrogen) atoms. The summed E-state index contributed by atoms with van der Waals surface area (Å²) < 4.78 is 68.6. The predicted molar refractivity (Wildman–Crippen MR) is 391 cm³/mol. The Labute approximate surface area is 587 Å². The van der Waals surface area contributed by atoms with Gasteiger partial charge in [-0.15, -0.1) is 0 Å². The van der Waals surface area contributed by atoms with Crippen molar-refractivity contribution in [3.63, 3.8) is 0 Å². The van der Waals surface area contributed by atoms with Crippen LogP contribution in [0.3, 0.4) is 0 Å². The molecule has 0 aromatic heterocycles. The molecular formula is C77H148O17P2. The highest BCUT2D eigenvalue weighted by Crippen LogP contribution is 2.45. The van der Waals surface area contributed by atoms with Crippen LogP contribution in [0.2, 0.25) is 0 Å². The number of hydrogen-bond donors (Lipinski definition) is 3. The van der Waals surface area contributed by atoms with Gasteiger partial charge in [-0.2, -0.15) is 0 Å². The first-order chi connectivity index (χ1) is 46.7. The molecule has 19 heteroatoms. The fourth-order valence-electron chi connectivity index (χ4n) is 11.6. The van der Waals surface area contributed by atoms with Gasteiger partial charge in [0.1, 0.15) is 19.3 Å². The van der Waals surface area contributed by atoms with Crippen molar-refractivity contribution in [1.29, 1.82) is 0 Å². The molecule has 0 amide bonds. The normalized spacial score (nSPS) is 13.9. The first-order valence-electron chi connectivity index (χ1n) is 39.9. The lowest BCUT2D eigenvalue weighted by Crippen LogP contribution is -2.30. The van der Waals surface area contributed by atoms with Crippen molar-refractivity contribution >= 4 is 39.5 Å². The molecular weight excluding hydrogens is 1260 g/mol. The largest absolute Gasteiger partial charge is 0.472 e. The average molecular weight is 1410 g/mol. The number of carbonyl (C=O) groups excluding carboxylic acids is 4. The minimum absolute atomic E-state index is 0.105. The van der Waals surface area contributed by atoms with Gasteiger partial charge in [0.2, 0.25) is 0 Å². The summed E-state index contributed by atoms with van der Waals surface area (Å²) in [7, 11) is -9.92. The van der Waals surface area contributed by atoms with Crippen LogP contribution in [0.25, 0.3) is 0 Å². The van der Waals surface area contributed by atoms with E-state index < -0.39 is 97.5 Å². The van der Waals surface area contributed by atoms with Gasteiger partial charge >= 0.3 is 39.5 Å². The zero-order chi connectivity index (χ0) is 70.4. The molecule has 0 spiro atoms. The van der Waals surface area contributed by atoms with Crippen LogP contribution in [-0.4, -0.2) is 96.7 Å². The predicted octanol–water partition coefficient (Wildman–Crippen LogP) is 22.8. The summed E-state index contributed by atoms with van der Waals surface area (Å²) in [5, 5.41) is 10.6. The van der Waals surface area contributed by atoms with Crippen molar-refractivity contribution in [2.75, 3.05) is 39.6 Å². The summed E-state index contributed by atoms with van der Waals surface area (Å²) in [6.45, 7) is 4.98. The number of esters is 4. The molecule has 568 valence electrons. The topological polar surface area (TPSA) is 237 Å². The van der Waals surface area contributed by atoms with Crippen LogP contribution in [0, 0.1) is 0 Å². The molecule has 5 atom stereocenters. The van der Waals surface area contributed by atoms with E-state index in [1.807, 2.05) is 0 Å². The van der Waals surface area contributed by atoms with E-state index in [4.69, 9.17) is 37.0 Å². The molecule has 17 nitrogen and oxygen atoms in total. The van der Waals surface area contributed by atoms with E-state index in [0.29, 0.717) is 25.7 Å². The Balaban J connectivity index is 5.28. The Morgan fingerprint density at radius 1 is 0.281 bits per heavy atom. The van der Waals surface area contributed by atoms with Crippen LogP contribution in [0.4, 0.5) is 0 Å². The molecule has 0 aromatic carbocycles. The van der Waals surface area contributed by atoms with E-state index >= 15 is 0 Å². The fourth-order valence-corrected chi connectivity index (χ4v) is 13.2.